The Labute approximate surface area is 164 Å². The number of hydrogen-bond acceptors (Lipinski definition) is 5. The van der Waals surface area contributed by atoms with Gasteiger partial charge in [-0.15, -0.1) is 0 Å². The average molecular weight is 382 g/mol. The standard InChI is InChI=1S/C21H26N4O3/c26-19-7-6-18(20(27)23-19)25-12-14-10-13(4-5-15(14)21(25)28)11-24-9-8-22-16-2-1-3-17(16)24/h4-5,10,16-18,22H,1-3,6-9,11-12H2,(H,23,26,27)/t16-,17+,18?/m0/s1. The molecule has 1 aromatic rings. The van der Waals surface area contributed by atoms with Gasteiger partial charge in [-0.25, -0.2) is 0 Å². The first-order chi connectivity index (χ1) is 13.6. The zero-order chi connectivity index (χ0) is 19.3. The van der Waals surface area contributed by atoms with Gasteiger partial charge in [0.15, 0.2) is 0 Å². The lowest BCUT2D eigenvalue weighted by atomic mass is 10.0. The fraction of sp³-hybridized carbons (Fsp3) is 0.571. The Bertz CT molecular complexity index is 839. The second-order valence-electron chi connectivity index (χ2n) is 8.42. The van der Waals surface area contributed by atoms with E-state index < -0.39 is 6.04 Å². The normalized spacial score (nSPS) is 30.4. The molecule has 3 heterocycles. The molecule has 1 aliphatic carbocycles. The Hall–Kier alpha value is -2.25. The Kier molecular flexibility index (Phi) is 4.44. The predicted molar refractivity (Wildman–Crippen MR) is 102 cm³/mol. The molecule has 1 aromatic carbocycles. The van der Waals surface area contributed by atoms with Gasteiger partial charge in [-0.3, -0.25) is 24.6 Å². The highest BCUT2D eigenvalue weighted by atomic mass is 16.2. The molecule has 0 bridgehead atoms. The van der Waals surface area contributed by atoms with Crippen molar-refractivity contribution in [3.8, 4) is 0 Å². The Balaban J connectivity index is 1.32. The monoisotopic (exact) mass is 382 g/mol. The van der Waals surface area contributed by atoms with Gasteiger partial charge in [-0.2, -0.15) is 0 Å². The van der Waals surface area contributed by atoms with Gasteiger partial charge in [0.1, 0.15) is 6.04 Å². The number of hydrogen-bond donors (Lipinski definition) is 2. The second-order valence-corrected chi connectivity index (χ2v) is 8.42. The number of carbonyl (C=O) groups excluding carboxylic acids is 3. The van der Waals surface area contributed by atoms with Crippen LogP contribution in [-0.4, -0.2) is 58.7 Å². The summed E-state index contributed by atoms with van der Waals surface area (Å²) in [5.74, 6) is -0.714. The second kappa shape index (κ2) is 6.97. The van der Waals surface area contributed by atoms with Crippen molar-refractivity contribution >= 4 is 17.7 Å². The van der Waals surface area contributed by atoms with Crippen LogP contribution in [0.4, 0.5) is 0 Å². The van der Waals surface area contributed by atoms with Crippen LogP contribution in [0.25, 0.3) is 0 Å². The van der Waals surface area contributed by atoms with Crippen molar-refractivity contribution < 1.29 is 14.4 Å². The van der Waals surface area contributed by atoms with E-state index in [1.807, 2.05) is 6.07 Å². The first-order valence-electron chi connectivity index (χ1n) is 10.3. The predicted octanol–water partition coefficient (Wildman–Crippen LogP) is 0.774. The minimum absolute atomic E-state index is 0.103. The lowest BCUT2D eigenvalue weighted by Crippen LogP contribution is -2.54. The molecule has 28 heavy (non-hydrogen) atoms. The summed E-state index contributed by atoms with van der Waals surface area (Å²) in [7, 11) is 0. The summed E-state index contributed by atoms with van der Waals surface area (Å²) in [5.41, 5.74) is 2.90. The van der Waals surface area contributed by atoms with Gasteiger partial charge in [-0.05, 0) is 36.5 Å². The van der Waals surface area contributed by atoms with Gasteiger partial charge in [0.05, 0.1) is 0 Å². The molecule has 3 fully saturated rings. The van der Waals surface area contributed by atoms with Gasteiger partial charge in [0.25, 0.3) is 5.91 Å². The number of nitrogens with one attached hydrogen (secondary N) is 2. The largest absolute Gasteiger partial charge is 0.322 e. The molecule has 3 aliphatic heterocycles. The highest BCUT2D eigenvalue weighted by molar-refractivity contribution is 6.05. The molecule has 4 aliphatic rings. The van der Waals surface area contributed by atoms with Gasteiger partial charge >= 0.3 is 0 Å². The SMILES string of the molecule is O=C1CCC(N2Cc3cc(CN4CCN[C@H]5CCC[C@H]54)ccc3C2=O)C(=O)N1. The van der Waals surface area contributed by atoms with Crippen molar-refractivity contribution in [2.24, 2.45) is 0 Å². The molecule has 0 spiro atoms. The molecule has 7 heteroatoms. The highest BCUT2D eigenvalue weighted by Crippen LogP contribution is 2.31. The molecule has 2 saturated heterocycles. The van der Waals surface area contributed by atoms with E-state index in [1.165, 1.54) is 24.8 Å². The third-order valence-electron chi connectivity index (χ3n) is 6.73. The first kappa shape index (κ1) is 17.8. The first-order valence-corrected chi connectivity index (χ1v) is 10.3. The Morgan fingerprint density at radius 2 is 2.00 bits per heavy atom. The maximum Gasteiger partial charge on any atom is 0.255 e. The topological polar surface area (TPSA) is 81.8 Å². The van der Waals surface area contributed by atoms with Crippen LogP contribution in [-0.2, 0) is 22.7 Å². The number of carbonyl (C=O) groups is 3. The lowest BCUT2D eigenvalue weighted by molar-refractivity contribution is -0.136. The molecule has 0 radical (unpaired) electrons. The van der Waals surface area contributed by atoms with Crippen molar-refractivity contribution in [1.82, 2.24) is 20.4 Å². The molecule has 148 valence electrons. The number of rotatable bonds is 3. The van der Waals surface area contributed by atoms with Crippen molar-refractivity contribution in [2.75, 3.05) is 13.1 Å². The molecule has 5 rings (SSSR count). The fourth-order valence-electron chi connectivity index (χ4n) is 5.33. The third kappa shape index (κ3) is 3.02. The summed E-state index contributed by atoms with van der Waals surface area (Å²) in [6.07, 6.45) is 4.50. The minimum Gasteiger partial charge on any atom is -0.322 e. The molecular formula is C21H26N4O3. The fourth-order valence-corrected chi connectivity index (χ4v) is 5.33. The molecule has 3 amide bonds. The van der Waals surface area contributed by atoms with E-state index in [1.54, 1.807) is 4.90 Å². The summed E-state index contributed by atoms with van der Waals surface area (Å²) < 4.78 is 0. The van der Waals surface area contributed by atoms with Crippen molar-refractivity contribution in [3.63, 3.8) is 0 Å². The van der Waals surface area contributed by atoms with Crippen LogP contribution in [0.1, 0.15) is 53.6 Å². The molecule has 3 atom stereocenters. The number of piperidine rings is 1. The molecule has 1 unspecified atom stereocenters. The number of fused-ring (bicyclic) bond motifs is 2. The quantitative estimate of drug-likeness (QED) is 0.755. The van der Waals surface area contributed by atoms with Crippen LogP contribution < -0.4 is 10.6 Å². The maximum absolute atomic E-state index is 12.8. The zero-order valence-corrected chi connectivity index (χ0v) is 15.9. The number of piperazine rings is 1. The van der Waals surface area contributed by atoms with Crippen molar-refractivity contribution in [1.29, 1.82) is 0 Å². The van der Waals surface area contributed by atoms with Crippen LogP contribution in [0, 0.1) is 0 Å². The number of amides is 3. The number of imide groups is 1. The molecule has 1 saturated carbocycles. The van der Waals surface area contributed by atoms with E-state index in [0.29, 0.717) is 30.6 Å². The molecular weight excluding hydrogens is 356 g/mol. The summed E-state index contributed by atoms with van der Waals surface area (Å²) in [6.45, 7) is 3.44. The van der Waals surface area contributed by atoms with E-state index >= 15 is 0 Å². The average Bonchev–Trinajstić information content (AvgIpc) is 3.27. The summed E-state index contributed by atoms with van der Waals surface area (Å²) in [6, 6.07) is 6.78. The van der Waals surface area contributed by atoms with Crippen LogP contribution in [0.5, 0.6) is 0 Å². The van der Waals surface area contributed by atoms with E-state index in [9.17, 15) is 14.4 Å². The van der Waals surface area contributed by atoms with E-state index in [4.69, 9.17) is 0 Å². The Morgan fingerprint density at radius 3 is 2.86 bits per heavy atom. The molecule has 7 nitrogen and oxygen atoms in total. The molecule has 0 aromatic heterocycles. The van der Waals surface area contributed by atoms with Crippen molar-refractivity contribution in [3.05, 3.63) is 34.9 Å². The van der Waals surface area contributed by atoms with E-state index in [0.717, 1.165) is 25.2 Å². The highest BCUT2D eigenvalue weighted by Gasteiger charge is 2.39. The Morgan fingerprint density at radius 1 is 1.11 bits per heavy atom. The minimum atomic E-state index is -0.548. The summed E-state index contributed by atoms with van der Waals surface area (Å²) in [5, 5.41) is 5.99. The van der Waals surface area contributed by atoms with Gasteiger partial charge in [0, 0.05) is 50.2 Å². The van der Waals surface area contributed by atoms with E-state index in [-0.39, 0.29) is 24.1 Å². The van der Waals surface area contributed by atoms with E-state index in [2.05, 4.69) is 27.7 Å². The lowest BCUT2D eigenvalue weighted by Gasteiger charge is -2.38. The molecule has 2 N–H and O–H groups in total. The van der Waals surface area contributed by atoms with Gasteiger partial charge < -0.3 is 10.2 Å². The van der Waals surface area contributed by atoms with Crippen molar-refractivity contribution in [2.45, 2.75) is 63.3 Å². The maximum atomic E-state index is 12.8. The summed E-state index contributed by atoms with van der Waals surface area (Å²) >= 11 is 0. The van der Waals surface area contributed by atoms with Gasteiger partial charge in [0.2, 0.25) is 11.8 Å². The van der Waals surface area contributed by atoms with Crippen LogP contribution in [0.3, 0.4) is 0 Å². The smallest absolute Gasteiger partial charge is 0.255 e. The number of nitrogens with zero attached hydrogens (tertiary/aromatic N) is 2. The zero-order valence-electron chi connectivity index (χ0n) is 15.9. The van der Waals surface area contributed by atoms with Crippen LogP contribution >= 0.6 is 0 Å². The van der Waals surface area contributed by atoms with Gasteiger partial charge in [-0.1, -0.05) is 18.6 Å². The summed E-state index contributed by atoms with van der Waals surface area (Å²) in [4.78, 5) is 40.6. The van der Waals surface area contributed by atoms with Crippen LogP contribution in [0.2, 0.25) is 0 Å². The third-order valence-corrected chi connectivity index (χ3v) is 6.73. The van der Waals surface area contributed by atoms with Crippen LogP contribution in [0.15, 0.2) is 18.2 Å². The number of benzene rings is 1.